The van der Waals surface area contributed by atoms with E-state index in [2.05, 4.69) is 0 Å². The molecule has 0 aliphatic heterocycles. The van der Waals surface area contributed by atoms with Crippen molar-refractivity contribution >= 4 is 31.9 Å². The van der Waals surface area contributed by atoms with Gasteiger partial charge in [0.1, 0.15) is 0 Å². The normalized spacial score (nSPS) is 46.8. The van der Waals surface area contributed by atoms with Crippen LogP contribution >= 0.6 is 31.9 Å². The molecule has 1 fully saturated rings. The molecule has 10 heteroatoms. The smallest absolute Gasteiger partial charge is 0.219 e. The Bertz CT molecular complexity index is 206. The maximum absolute atomic E-state index is 12.9. The van der Waals surface area contributed by atoms with Gasteiger partial charge in [-0.15, -0.1) is 0 Å². The lowest BCUT2D eigenvalue weighted by Gasteiger charge is -2.26. The van der Waals surface area contributed by atoms with Gasteiger partial charge in [-0.2, -0.15) is 26.3 Å². The van der Waals surface area contributed by atoms with Crippen molar-refractivity contribution in [2.75, 3.05) is 0 Å². The van der Waals surface area contributed by atoms with Crippen molar-refractivity contribution in [3.8, 4) is 0 Å². The highest BCUT2D eigenvalue weighted by Crippen LogP contribution is 2.72. The second-order valence-corrected chi connectivity index (χ2v) is 5.06. The second kappa shape index (κ2) is 2.80. The van der Waals surface area contributed by atoms with Gasteiger partial charge in [-0.25, -0.2) is 8.78 Å². The zero-order valence-electron chi connectivity index (χ0n) is 6.28. The first kappa shape index (κ1) is 13.5. The van der Waals surface area contributed by atoms with Crippen molar-refractivity contribution in [3.63, 3.8) is 0 Å². The van der Waals surface area contributed by atoms with Gasteiger partial charge in [-0.3, -0.25) is 0 Å². The predicted octanol–water partition coefficient (Wildman–Crippen LogP) is 4.03. The van der Waals surface area contributed by atoms with Crippen LogP contribution in [-0.4, -0.2) is 26.9 Å². The van der Waals surface area contributed by atoms with Crippen LogP contribution in [0, 0.1) is 0 Å². The maximum Gasteiger partial charge on any atom is 0.380 e. The first-order chi connectivity index (χ1) is 6.25. The summed E-state index contributed by atoms with van der Waals surface area (Å²) in [4.78, 5) is 0. The van der Waals surface area contributed by atoms with E-state index in [0.29, 0.717) is 0 Å². The van der Waals surface area contributed by atoms with Crippen molar-refractivity contribution in [2.24, 2.45) is 0 Å². The molecule has 2 atom stereocenters. The van der Waals surface area contributed by atoms with E-state index < -0.39 is 26.9 Å². The summed E-state index contributed by atoms with van der Waals surface area (Å²) in [5, 5.41) is 0. The highest BCUT2D eigenvalue weighted by molar-refractivity contribution is 9.12. The molecule has 0 spiro atoms. The Morgan fingerprint density at radius 3 is 0.733 bits per heavy atom. The summed E-state index contributed by atoms with van der Waals surface area (Å²) in [6.45, 7) is 0. The third-order valence-corrected chi connectivity index (χ3v) is 4.59. The highest BCUT2D eigenvalue weighted by Gasteiger charge is 2.98. The van der Waals surface area contributed by atoms with Crippen LogP contribution in [0.1, 0.15) is 0 Å². The van der Waals surface area contributed by atoms with E-state index >= 15 is 0 Å². The average molecular weight is 372 g/mol. The summed E-state index contributed by atoms with van der Waals surface area (Å²) in [6, 6.07) is 0. The molecule has 0 aromatic heterocycles. The molecule has 0 nitrogen and oxygen atoms in total. The fraction of sp³-hybridized carbons (Fsp3) is 1.00. The molecule has 0 heterocycles. The summed E-state index contributed by atoms with van der Waals surface area (Å²) < 4.78 is 91.2. The van der Waals surface area contributed by atoms with E-state index in [9.17, 15) is 35.1 Å². The SMILES string of the molecule is FC1(F)C(F)(F)[C@](F)(Br)[C@](F)(Br)C1(F)F. The molecular formula is C5Br2F8. The lowest BCUT2D eigenvalue weighted by Crippen LogP contribution is -2.50. The summed E-state index contributed by atoms with van der Waals surface area (Å²) >= 11 is 2.48. The third-order valence-electron chi connectivity index (χ3n) is 1.97. The predicted molar refractivity (Wildman–Crippen MR) is 40.4 cm³/mol. The van der Waals surface area contributed by atoms with Crippen LogP contribution < -0.4 is 0 Å². The minimum Gasteiger partial charge on any atom is -0.219 e. The average Bonchev–Trinajstić information content (AvgIpc) is 2.04. The molecule has 1 aliphatic carbocycles. The number of halogens is 10. The molecule has 0 saturated heterocycles. The Morgan fingerprint density at radius 1 is 0.467 bits per heavy atom. The second-order valence-electron chi connectivity index (χ2n) is 2.87. The van der Waals surface area contributed by atoms with Gasteiger partial charge in [-0.05, 0) is 31.9 Å². The molecule has 0 aromatic carbocycles. The molecule has 1 aliphatic rings. The Balaban J connectivity index is 3.55. The first-order valence-corrected chi connectivity index (χ1v) is 4.73. The molecular weight excluding hydrogens is 372 g/mol. The quantitative estimate of drug-likeness (QED) is 0.445. The molecule has 1 rings (SSSR count). The fourth-order valence-corrected chi connectivity index (χ4v) is 1.98. The van der Waals surface area contributed by atoms with Gasteiger partial charge in [0.15, 0.2) is 0 Å². The van der Waals surface area contributed by atoms with Gasteiger partial charge in [0, 0.05) is 0 Å². The largest absolute Gasteiger partial charge is 0.380 e. The van der Waals surface area contributed by atoms with Crippen molar-refractivity contribution in [1.82, 2.24) is 0 Å². The van der Waals surface area contributed by atoms with E-state index in [1.165, 1.54) is 31.9 Å². The summed E-state index contributed by atoms with van der Waals surface area (Å²) in [6.07, 6.45) is 0. The maximum atomic E-state index is 12.9. The fourth-order valence-electron chi connectivity index (χ4n) is 0.986. The van der Waals surface area contributed by atoms with Gasteiger partial charge in [0.25, 0.3) is 9.16 Å². The monoisotopic (exact) mass is 370 g/mol. The lowest BCUT2D eigenvalue weighted by atomic mass is 10.2. The van der Waals surface area contributed by atoms with Gasteiger partial charge in [0.2, 0.25) is 0 Å². The van der Waals surface area contributed by atoms with Crippen molar-refractivity contribution in [1.29, 1.82) is 0 Å². The molecule has 0 radical (unpaired) electrons. The number of hydrogen-bond acceptors (Lipinski definition) is 0. The number of rotatable bonds is 0. The molecule has 0 amide bonds. The third kappa shape index (κ3) is 1.07. The van der Waals surface area contributed by atoms with E-state index in [1.807, 2.05) is 0 Å². The van der Waals surface area contributed by atoms with E-state index in [-0.39, 0.29) is 0 Å². The summed E-state index contributed by atoms with van der Waals surface area (Å²) in [5.74, 6) is -18.0. The van der Waals surface area contributed by atoms with Gasteiger partial charge < -0.3 is 0 Å². The zero-order chi connectivity index (χ0) is 12.5. The van der Waals surface area contributed by atoms with Crippen LogP contribution in [0.3, 0.4) is 0 Å². The zero-order valence-corrected chi connectivity index (χ0v) is 9.45. The standard InChI is InChI=1S/C5Br2F8/c6-1(8)2(7,9)4(12,13)5(14,15)3(1,10)11/t1-,2+. The lowest BCUT2D eigenvalue weighted by molar-refractivity contribution is -0.283. The van der Waals surface area contributed by atoms with E-state index in [4.69, 9.17) is 0 Å². The number of alkyl halides is 10. The van der Waals surface area contributed by atoms with Crippen LogP contribution in [0.5, 0.6) is 0 Å². The Morgan fingerprint density at radius 2 is 0.667 bits per heavy atom. The Hall–Kier alpha value is 0.400. The van der Waals surface area contributed by atoms with Crippen LogP contribution in [0.4, 0.5) is 35.1 Å². The van der Waals surface area contributed by atoms with Crippen molar-refractivity contribution < 1.29 is 35.1 Å². The van der Waals surface area contributed by atoms with Crippen LogP contribution in [0.25, 0.3) is 0 Å². The van der Waals surface area contributed by atoms with E-state index in [0.717, 1.165) is 0 Å². The van der Waals surface area contributed by atoms with Crippen LogP contribution in [-0.2, 0) is 0 Å². The number of hydrogen-bond donors (Lipinski definition) is 0. The summed E-state index contributed by atoms with van der Waals surface area (Å²) in [7, 11) is 0. The van der Waals surface area contributed by atoms with Crippen molar-refractivity contribution in [2.45, 2.75) is 26.9 Å². The van der Waals surface area contributed by atoms with Gasteiger partial charge >= 0.3 is 17.8 Å². The molecule has 1 saturated carbocycles. The highest BCUT2D eigenvalue weighted by atomic mass is 79.9. The van der Waals surface area contributed by atoms with Crippen LogP contribution in [0.15, 0.2) is 0 Å². The van der Waals surface area contributed by atoms with Gasteiger partial charge in [-0.1, -0.05) is 0 Å². The topological polar surface area (TPSA) is 0 Å². The minimum atomic E-state index is -6.16. The first-order valence-electron chi connectivity index (χ1n) is 3.14. The molecule has 0 unspecified atom stereocenters. The van der Waals surface area contributed by atoms with Gasteiger partial charge in [0.05, 0.1) is 0 Å². The Labute approximate surface area is 94.3 Å². The molecule has 0 bridgehead atoms. The van der Waals surface area contributed by atoms with Crippen molar-refractivity contribution in [3.05, 3.63) is 0 Å². The van der Waals surface area contributed by atoms with Crippen LogP contribution in [0.2, 0.25) is 0 Å². The minimum absolute atomic E-state index is 1.24. The van der Waals surface area contributed by atoms with E-state index in [1.54, 1.807) is 0 Å². The summed E-state index contributed by atoms with van der Waals surface area (Å²) in [5.41, 5.74) is 0. The molecule has 90 valence electrons. The molecule has 15 heavy (non-hydrogen) atoms. The Kier molecular flexibility index (Phi) is 2.51. The molecule has 0 N–H and O–H groups in total. The molecule has 0 aromatic rings.